The van der Waals surface area contributed by atoms with E-state index in [0.717, 1.165) is 24.4 Å². The lowest BCUT2D eigenvalue weighted by Crippen LogP contribution is -2.24. The fourth-order valence-electron chi connectivity index (χ4n) is 3.21. The van der Waals surface area contributed by atoms with Crippen LogP contribution in [-0.4, -0.2) is 20.8 Å². The van der Waals surface area contributed by atoms with Gasteiger partial charge in [-0.25, -0.2) is 4.98 Å². The second-order valence-corrected chi connectivity index (χ2v) is 6.64. The van der Waals surface area contributed by atoms with E-state index in [1.54, 1.807) is 16.7 Å². The molecule has 3 aromatic rings. The first-order chi connectivity index (χ1) is 10.8. The van der Waals surface area contributed by atoms with Crippen molar-refractivity contribution in [2.24, 2.45) is 0 Å². The SMILES string of the molecule is O=c1cc(CN2CCCC2c2cccs2)nc2ccccn12. The number of likely N-dealkylation sites (tertiary alicyclic amines) is 1. The number of hydrogen-bond acceptors (Lipinski definition) is 4. The van der Waals surface area contributed by atoms with Crippen molar-refractivity contribution < 1.29 is 0 Å². The summed E-state index contributed by atoms with van der Waals surface area (Å²) in [5.41, 5.74) is 1.57. The van der Waals surface area contributed by atoms with E-state index >= 15 is 0 Å². The molecule has 0 saturated carbocycles. The summed E-state index contributed by atoms with van der Waals surface area (Å²) in [5, 5.41) is 2.13. The van der Waals surface area contributed by atoms with E-state index in [9.17, 15) is 4.79 Å². The van der Waals surface area contributed by atoms with Gasteiger partial charge in [0.1, 0.15) is 5.65 Å². The number of hydrogen-bond donors (Lipinski definition) is 0. The molecular formula is C17H17N3OS. The highest BCUT2D eigenvalue weighted by Gasteiger charge is 2.27. The number of rotatable bonds is 3. The third-order valence-electron chi connectivity index (χ3n) is 4.22. The largest absolute Gasteiger partial charge is 0.290 e. The van der Waals surface area contributed by atoms with Crippen LogP contribution in [0.3, 0.4) is 0 Å². The highest BCUT2D eigenvalue weighted by Crippen LogP contribution is 2.35. The van der Waals surface area contributed by atoms with Crippen molar-refractivity contribution >= 4 is 17.0 Å². The second kappa shape index (κ2) is 5.66. The molecule has 1 atom stereocenters. The van der Waals surface area contributed by atoms with Crippen molar-refractivity contribution in [3.8, 4) is 0 Å². The van der Waals surface area contributed by atoms with Crippen molar-refractivity contribution in [2.75, 3.05) is 6.54 Å². The zero-order valence-corrected chi connectivity index (χ0v) is 13.0. The quantitative estimate of drug-likeness (QED) is 0.746. The van der Waals surface area contributed by atoms with Crippen LogP contribution in [-0.2, 0) is 6.54 Å². The first kappa shape index (κ1) is 13.7. The summed E-state index contributed by atoms with van der Waals surface area (Å²) >= 11 is 1.81. The average molecular weight is 311 g/mol. The number of pyridine rings is 1. The number of nitrogens with zero attached hydrogens (tertiary/aromatic N) is 3. The van der Waals surface area contributed by atoms with Crippen LogP contribution in [0.5, 0.6) is 0 Å². The summed E-state index contributed by atoms with van der Waals surface area (Å²) in [6.45, 7) is 1.81. The van der Waals surface area contributed by atoms with Gasteiger partial charge in [0.05, 0.1) is 5.69 Å². The topological polar surface area (TPSA) is 37.6 Å². The van der Waals surface area contributed by atoms with Gasteiger partial charge in [0.2, 0.25) is 0 Å². The van der Waals surface area contributed by atoms with Gasteiger partial charge in [0.25, 0.3) is 5.56 Å². The van der Waals surface area contributed by atoms with Crippen LogP contribution in [0.1, 0.15) is 29.5 Å². The summed E-state index contributed by atoms with van der Waals surface area (Å²) < 4.78 is 1.59. The van der Waals surface area contributed by atoms with Crippen molar-refractivity contribution in [1.29, 1.82) is 0 Å². The maximum absolute atomic E-state index is 12.2. The van der Waals surface area contributed by atoms with Gasteiger partial charge in [0.15, 0.2) is 0 Å². The van der Waals surface area contributed by atoms with Crippen molar-refractivity contribution in [2.45, 2.75) is 25.4 Å². The number of thiophene rings is 1. The zero-order chi connectivity index (χ0) is 14.9. The molecule has 0 aromatic carbocycles. The summed E-state index contributed by atoms with van der Waals surface area (Å²) in [6, 6.07) is 12.1. The molecule has 112 valence electrons. The number of aromatic nitrogens is 2. The molecule has 4 nitrogen and oxygen atoms in total. The lowest BCUT2D eigenvalue weighted by Gasteiger charge is -2.23. The van der Waals surface area contributed by atoms with Crippen LogP contribution in [0.25, 0.3) is 5.65 Å². The van der Waals surface area contributed by atoms with E-state index < -0.39 is 0 Å². The van der Waals surface area contributed by atoms with Crippen LogP contribution in [0.15, 0.2) is 52.8 Å². The van der Waals surface area contributed by atoms with Gasteiger partial charge in [-0.15, -0.1) is 11.3 Å². The van der Waals surface area contributed by atoms with Crippen molar-refractivity contribution in [1.82, 2.24) is 14.3 Å². The molecule has 3 aromatic heterocycles. The van der Waals surface area contributed by atoms with E-state index in [2.05, 4.69) is 27.4 Å². The fourth-order valence-corrected chi connectivity index (χ4v) is 4.11. The zero-order valence-electron chi connectivity index (χ0n) is 12.2. The number of fused-ring (bicyclic) bond motifs is 1. The summed E-state index contributed by atoms with van der Waals surface area (Å²) in [6.07, 6.45) is 4.15. The van der Waals surface area contributed by atoms with E-state index in [4.69, 9.17) is 0 Å². The Morgan fingerprint density at radius 3 is 3.09 bits per heavy atom. The van der Waals surface area contributed by atoms with E-state index in [-0.39, 0.29) is 5.56 Å². The molecule has 1 unspecified atom stereocenters. The first-order valence-corrected chi connectivity index (χ1v) is 8.44. The highest BCUT2D eigenvalue weighted by atomic mass is 32.1. The van der Waals surface area contributed by atoms with Crippen LogP contribution in [0.2, 0.25) is 0 Å². The Morgan fingerprint density at radius 1 is 1.27 bits per heavy atom. The minimum absolute atomic E-state index is 0.00697. The molecule has 0 N–H and O–H groups in total. The first-order valence-electron chi connectivity index (χ1n) is 7.56. The molecule has 0 aliphatic carbocycles. The Bertz CT molecular complexity index is 840. The Kier molecular flexibility index (Phi) is 3.52. The molecule has 5 heteroatoms. The maximum atomic E-state index is 12.2. The second-order valence-electron chi connectivity index (χ2n) is 5.66. The fraction of sp³-hybridized carbons (Fsp3) is 0.294. The molecule has 0 radical (unpaired) electrons. The minimum Gasteiger partial charge on any atom is -0.290 e. The van der Waals surface area contributed by atoms with Crippen LogP contribution in [0.4, 0.5) is 0 Å². The van der Waals surface area contributed by atoms with Gasteiger partial charge in [0, 0.05) is 29.7 Å². The molecule has 4 heterocycles. The molecule has 0 amide bonds. The van der Waals surface area contributed by atoms with Crippen LogP contribution < -0.4 is 5.56 Å². The Hall–Kier alpha value is -1.98. The monoisotopic (exact) mass is 311 g/mol. The normalized spacial score (nSPS) is 19.0. The molecule has 1 fully saturated rings. The van der Waals surface area contributed by atoms with Gasteiger partial charge < -0.3 is 0 Å². The van der Waals surface area contributed by atoms with Crippen molar-refractivity contribution in [3.05, 3.63) is 68.9 Å². The molecule has 0 spiro atoms. The standard InChI is InChI=1S/C17H17N3OS/c21-17-11-13(18-16-7-1-2-9-20(16)17)12-19-8-3-5-14(19)15-6-4-10-22-15/h1-2,4,6-7,9-11,14H,3,5,8,12H2. The van der Waals surface area contributed by atoms with Crippen LogP contribution in [0, 0.1) is 0 Å². The van der Waals surface area contributed by atoms with Gasteiger partial charge >= 0.3 is 0 Å². The van der Waals surface area contributed by atoms with E-state index in [1.165, 1.54) is 17.7 Å². The molecule has 1 aliphatic heterocycles. The highest BCUT2D eigenvalue weighted by molar-refractivity contribution is 7.10. The molecule has 1 aliphatic rings. The predicted molar refractivity (Wildman–Crippen MR) is 88.2 cm³/mol. The Morgan fingerprint density at radius 2 is 2.23 bits per heavy atom. The van der Waals surface area contributed by atoms with Gasteiger partial charge in [-0.1, -0.05) is 12.1 Å². The smallest absolute Gasteiger partial charge is 0.258 e. The Labute approximate surface area is 132 Å². The summed E-state index contributed by atoms with van der Waals surface area (Å²) in [4.78, 5) is 20.7. The summed E-state index contributed by atoms with van der Waals surface area (Å²) in [7, 11) is 0. The van der Waals surface area contributed by atoms with Gasteiger partial charge in [-0.3, -0.25) is 14.1 Å². The molecule has 0 bridgehead atoms. The van der Waals surface area contributed by atoms with E-state index in [0.29, 0.717) is 6.04 Å². The molecule has 22 heavy (non-hydrogen) atoms. The van der Waals surface area contributed by atoms with Gasteiger partial charge in [-0.2, -0.15) is 0 Å². The van der Waals surface area contributed by atoms with Gasteiger partial charge in [-0.05, 0) is 43.0 Å². The molecule has 4 rings (SSSR count). The predicted octanol–water partition coefficient (Wildman–Crippen LogP) is 3.09. The van der Waals surface area contributed by atoms with Crippen molar-refractivity contribution in [3.63, 3.8) is 0 Å². The molecular weight excluding hydrogens is 294 g/mol. The minimum atomic E-state index is -0.00697. The molecule has 1 saturated heterocycles. The van der Waals surface area contributed by atoms with Crippen LogP contribution >= 0.6 is 11.3 Å². The lowest BCUT2D eigenvalue weighted by atomic mass is 10.2. The average Bonchev–Trinajstić information content (AvgIpc) is 3.18. The lowest BCUT2D eigenvalue weighted by molar-refractivity contribution is 0.248. The van der Waals surface area contributed by atoms with E-state index in [1.807, 2.05) is 29.5 Å². The Balaban J connectivity index is 1.64. The third kappa shape index (κ3) is 2.46. The summed E-state index contributed by atoms with van der Waals surface area (Å²) in [5.74, 6) is 0. The maximum Gasteiger partial charge on any atom is 0.258 e. The third-order valence-corrected chi connectivity index (χ3v) is 5.20.